The Balaban J connectivity index is 1.11. The lowest BCUT2D eigenvalue weighted by Gasteiger charge is -2.38. The largest absolute Gasteiger partial charge is 0.351 e. The van der Waals surface area contributed by atoms with Gasteiger partial charge in [0, 0.05) is 42.0 Å². The molecule has 3 aliphatic carbocycles. The number of hydrogen-bond acceptors (Lipinski definition) is 6. The van der Waals surface area contributed by atoms with Gasteiger partial charge in [-0.25, -0.2) is 9.97 Å². The van der Waals surface area contributed by atoms with Crippen molar-refractivity contribution in [2.75, 3.05) is 5.32 Å². The highest BCUT2D eigenvalue weighted by Gasteiger charge is 2.48. The van der Waals surface area contributed by atoms with Crippen LogP contribution in [-0.4, -0.2) is 43.9 Å². The van der Waals surface area contributed by atoms with E-state index in [9.17, 15) is 0 Å². The van der Waals surface area contributed by atoms with E-state index in [2.05, 4.69) is 25.4 Å². The number of halogens is 1. The summed E-state index contributed by atoms with van der Waals surface area (Å²) in [5, 5.41) is 12.5. The van der Waals surface area contributed by atoms with Gasteiger partial charge in [-0.3, -0.25) is 4.68 Å². The minimum absolute atomic E-state index is 0.406. The van der Waals surface area contributed by atoms with Gasteiger partial charge in [0.05, 0.1) is 23.1 Å². The third kappa shape index (κ3) is 3.51. The highest BCUT2D eigenvalue weighted by molar-refractivity contribution is 6.33. The highest BCUT2D eigenvalue weighted by atomic mass is 35.5. The molecule has 0 unspecified atom stereocenters. The molecule has 0 bridgehead atoms. The highest BCUT2D eigenvalue weighted by Crippen LogP contribution is 2.54. The first-order valence-electron chi connectivity index (χ1n) is 11.4. The van der Waals surface area contributed by atoms with Crippen LogP contribution in [0.3, 0.4) is 0 Å². The molecule has 1 spiro atoms. The second-order valence-corrected chi connectivity index (χ2v) is 10.4. The standard InChI is InChI=1S/C22H30ClN7/c23-18-11-25-21(28-15-3-1-14(2-4-15)27-16-7-13(24)8-16)29-20(18)17-10-26-30-12-22(5-6-22)9-19(17)30/h10-11,13-16,27H,1-9,12,24H2,(H,25,28,29). The third-order valence-electron chi connectivity index (χ3n) is 7.64. The van der Waals surface area contributed by atoms with Crippen molar-refractivity contribution in [2.24, 2.45) is 11.1 Å². The van der Waals surface area contributed by atoms with Gasteiger partial charge in [-0.15, -0.1) is 0 Å². The van der Waals surface area contributed by atoms with Gasteiger partial charge in [0.15, 0.2) is 0 Å². The Hall–Kier alpha value is -1.70. The fraction of sp³-hybridized carbons (Fsp3) is 0.682. The van der Waals surface area contributed by atoms with Gasteiger partial charge >= 0.3 is 0 Å². The average Bonchev–Trinajstić information content (AvgIpc) is 3.21. The number of rotatable bonds is 5. The topological polar surface area (TPSA) is 93.7 Å². The molecule has 0 aromatic carbocycles. The monoisotopic (exact) mass is 427 g/mol. The van der Waals surface area contributed by atoms with Crippen molar-refractivity contribution in [3.05, 3.63) is 23.1 Å². The molecule has 4 N–H and O–H groups in total. The third-order valence-corrected chi connectivity index (χ3v) is 7.92. The van der Waals surface area contributed by atoms with E-state index in [0.717, 1.165) is 49.9 Å². The minimum Gasteiger partial charge on any atom is -0.351 e. The van der Waals surface area contributed by atoms with Crippen LogP contribution < -0.4 is 16.4 Å². The summed E-state index contributed by atoms with van der Waals surface area (Å²) in [6.45, 7) is 1.04. The molecule has 0 radical (unpaired) electrons. The number of hydrogen-bond donors (Lipinski definition) is 3. The molecule has 7 nitrogen and oxygen atoms in total. The molecule has 0 amide bonds. The maximum Gasteiger partial charge on any atom is 0.223 e. The summed E-state index contributed by atoms with van der Waals surface area (Å²) in [7, 11) is 0. The Labute approximate surface area is 182 Å². The van der Waals surface area contributed by atoms with Gasteiger partial charge in [-0.05, 0) is 63.2 Å². The molecule has 3 fully saturated rings. The van der Waals surface area contributed by atoms with E-state index < -0.39 is 0 Å². The van der Waals surface area contributed by atoms with E-state index in [1.54, 1.807) is 6.20 Å². The fourth-order valence-corrected chi connectivity index (χ4v) is 5.71. The molecule has 30 heavy (non-hydrogen) atoms. The zero-order valence-electron chi connectivity index (χ0n) is 17.3. The molecule has 6 rings (SSSR count). The smallest absolute Gasteiger partial charge is 0.223 e. The minimum atomic E-state index is 0.406. The molecular weight excluding hydrogens is 398 g/mol. The van der Waals surface area contributed by atoms with Crippen LogP contribution >= 0.6 is 11.6 Å². The van der Waals surface area contributed by atoms with Crippen molar-refractivity contribution in [2.45, 2.75) is 88.5 Å². The van der Waals surface area contributed by atoms with Gasteiger partial charge < -0.3 is 16.4 Å². The van der Waals surface area contributed by atoms with Crippen molar-refractivity contribution in [3.63, 3.8) is 0 Å². The summed E-state index contributed by atoms with van der Waals surface area (Å²) in [6.07, 6.45) is 14.2. The maximum absolute atomic E-state index is 6.51. The lowest BCUT2D eigenvalue weighted by atomic mass is 9.84. The Morgan fingerprint density at radius 3 is 2.57 bits per heavy atom. The van der Waals surface area contributed by atoms with Gasteiger partial charge in [0.25, 0.3) is 0 Å². The Kier molecular flexibility index (Phi) is 4.55. The van der Waals surface area contributed by atoms with Crippen LogP contribution in [-0.2, 0) is 13.0 Å². The van der Waals surface area contributed by atoms with Crippen molar-refractivity contribution in [1.82, 2.24) is 25.1 Å². The number of nitrogens with two attached hydrogens (primary N) is 1. The molecule has 0 saturated heterocycles. The molecule has 4 aliphatic rings. The molecule has 2 aromatic rings. The zero-order chi connectivity index (χ0) is 20.3. The van der Waals surface area contributed by atoms with Crippen LogP contribution in [0, 0.1) is 5.41 Å². The van der Waals surface area contributed by atoms with Crippen LogP contribution in [0.1, 0.15) is 57.1 Å². The summed E-state index contributed by atoms with van der Waals surface area (Å²) in [5.41, 5.74) is 9.54. The summed E-state index contributed by atoms with van der Waals surface area (Å²) in [4.78, 5) is 9.28. The first-order valence-corrected chi connectivity index (χ1v) is 11.8. The molecule has 3 heterocycles. The van der Waals surface area contributed by atoms with Gasteiger partial charge in [0.1, 0.15) is 0 Å². The lowest BCUT2D eigenvalue weighted by Crippen LogP contribution is -2.52. The van der Waals surface area contributed by atoms with E-state index in [1.807, 2.05) is 6.20 Å². The first-order chi connectivity index (χ1) is 14.6. The van der Waals surface area contributed by atoms with Crippen LogP contribution in [0.4, 0.5) is 5.95 Å². The van der Waals surface area contributed by atoms with Crippen molar-refractivity contribution in [3.8, 4) is 11.3 Å². The molecule has 3 saturated carbocycles. The SMILES string of the molecule is NC1CC(NC2CCC(Nc3ncc(Cl)c(-c4cnn5c4CC4(CC4)C5)n3)CC2)C1. The molecule has 2 aromatic heterocycles. The number of nitrogens with zero attached hydrogens (tertiary/aromatic N) is 4. The van der Waals surface area contributed by atoms with E-state index in [0.29, 0.717) is 40.6 Å². The van der Waals surface area contributed by atoms with Crippen molar-refractivity contribution in [1.29, 1.82) is 0 Å². The number of fused-ring (bicyclic) bond motifs is 1. The van der Waals surface area contributed by atoms with E-state index in [1.165, 1.54) is 31.4 Å². The first kappa shape index (κ1) is 19.0. The Morgan fingerprint density at radius 1 is 1.07 bits per heavy atom. The second-order valence-electron chi connectivity index (χ2n) is 10.0. The Morgan fingerprint density at radius 2 is 1.83 bits per heavy atom. The van der Waals surface area contributed by atoms with Gasteiger partial charge in [0.2, 0.25) is 5.95 Å². The van der Waals surface area contributed by atoms with Crippen LogP contribution in [0.15, 0.2) is 12.4 Å². The van der Waals surface area contributed by atoms with Gasteiger partial charge in [-0.1, -0.05) is 11.6 Å². The Bertz CT molecular complexity index is 939. The summed E-state index contributed by atoms with van der Waals surface area (Å²) >= 11 is 6.51. The van der Waals surface area contributed by atoms with E-state index in [4.69, 9.17) is 22.3 Å². The zero-order valence-corrected chi connectivity index (χ0v) is 18.0. The van der Waals surface area contributed by atoms with E-state index in [-0.39, 0.29) is 0 Å². The van der Waals surface area contributed by atoms with Crippen molar-refractivity contribution >= 4 is 17.5 Å². The second kappa shape index (κ2) is 7.18. The molecule has 160 valence electrons. The predicted octanol–water partition coefficient (Wildman–Crippen LogP) is 3.13. The van der Waals surface area contributed by atoms with Crippen LogP contribution in [0.2, 0.25) is 5.02 Å². The quantitative estimate of drug-likeness (QED) is 0.678. The molecule has 1 aliphatic heterocycles. The summed E-state index contributed by atoms with van der Waals surface area (Å²) in [5.74, 6) is 0.676. The molecular formula is C22H30ClN7. The van der Waals surface area contributed by atoms with Crippen LogP contribution in [0.25, 0.3) is 11.3 Å². The van der Waals surface area contributed by atoms with Gasteiger partial charge in [-0.2, -0.15) is 5.10 Å². The number of nitrogens with one attached hydrogen (secondary N) is 2. The summed E-state index contributed by atoms with van der Waals surface area (Å²) in [6, 6.07) is 2.06. The summed E-state index contributed by atoms with van der Waals surface area (Å²) < 4.78 is 2.15. The normalized spacial score (nSPS) is 31.4. The number of aromatic nitrogens is 4. The fourth-order valence-electron chi connectivity index (χ4n) is 5.52. The van der Waals surface area contributed by atoms with Crippen LogP contribution in [0.5, 0.6) is 0 Å². The predicted molar refractivity (Wildman–Crippen MR) is 117 cm³/mol. The van der Waals surface area contributed by atoms with E-state index >= 15 is 0 Å². The molecule has 8 heteroatoms. The maximum atomic E-state index is 6.51. The molecule has 0 atom stereocenters. The average molecular weight is 428 g/mol. The lowest BCUT2D eigenvalue weighted by molar-refractivity contribution is 0.236. The number of anilines is 1. The van der Waals surface area contributed by atoms with Crippen molar-refractivity contribution < 1.29 is 0 Å².